The molecule has 2 bridgehead atoms. The van der Waals surface area contributed by atoms with E-state index in [1.807, 2.05) is 0 Å². The third-order valence-electron chi connectivity index (χ3n) is 5.87. The van der Waals surface area contributed by atoms with Crippen LogP contribution in [0.25, 0.3) is 0 Å². The van der Waals surface area contributed by atoms with Gasteiger partial charge in [-0.25, -0.2) is 17.6 Å². The summed E-state index contributed by atoms with van der Waals surface area (Å²) in [6, 6.07) is 3.62. The Balaban J connectivity index is 1.50. The molecule has 2 N–H and O–H groups in total. The van der Waals surface area contributed by atoms with Crippen molar-refractivity contribution in [3.63, 3.8) is 0 Å². The summed E-state index contributed by atoms with van der Waals surface area (Å²) < 4.78 is 61.2. The molecule has 12 heteroatoms. The Hall–Kier alpha value is -4.35. The van der Waals surface area contributed by atoms with Gasteiger partial charge in [0.05, 0.1) is 18.3 Å². The molecule has 0 saturated carbocycles. The van der Waals surface area contributed by atoms with E-state index in [0.29, 0.717) is 6.07 Å². The number of rotatable bonds is 3. The molecule has 0 aliphatic carbocycles. The maximum Gasteiger partial charge on any atom is 0.279 e. The number of nitrogens with zero attached hydrogens (tertiary/aromatic N) is 2. The van der Waals surface area contributed by atoms with Crippen LogP contribution in [0, 0.1) is 23.3 Å². The van der Waals surface area contributed by atoms with Crippen LogP contribution in [0.15, 0.2) is 41.3 Å². The Morgan fingerprint density at radius 2 is 1.83 bits per heavy atom. The van der Waals surface area contributed by atoms with Crippen LogP contribution in [0.3, 0.4) is 0 Å². The maximum absolute atomic E-state index is 13.9. The highest BCUT2D eigenvalue weighted by molar-refractivity contribution is 6.09. The normalized spacial score (nSPS) is 16.2. The average molecular weight is 489 g/mol. The third-order valence-corrected chi connectivity index (χ3v) is 5.87. The zero-order chi connectivity index (χ0) is 25.0. The molecule has 180 valence electrons. The zero-order valence-corrected chi connectivity index (χ0v) is 17.6. The Labute approximate surface area is 194 Å². The minimum absolute atomic E-state index is 0.0396. The van der Waals surface area contributed by atoms with Crippen molar-refractivity contribution in [2.24, 2.45) is 0 Å². The van der Waals surface area contributed by atoms with Crippen molar-refractivity contribution in [3.05, 3.63) is 86.8 Å². The molecule has 2 aromatic carbocycles. The molecule has 1 aromatic heterocycles. The first-order valence-corrected chi connectivity index (χ1v) is 10.3. The smallest absolute Gasteiger partial charge is 0.279 e. The lowest BCUT2D eigenvalue weighted by molar-refractivity contribution is 0.0926. The summed E-state index contributed by atoms with van der Waals surface area (Å²) >= 11 is 0. The van der Waals surface area contributed by atoms with Crippen LogP contribution < -0.4 is 20.4 Å². The minimum Gasteiger partial charge on any atom is -0.503 e. The van der Waals surface area contributed by atoms with Gasteiger partial charge in [0.15, 0.2) is 23.1 Å². The Kier molecular flexibility index (Phi) is 5.23. The second-order valence-electron chi connectivity index (χ2n) is 8.01. The highest BCUT2D eigenvalue weighted by atomic mass is 19.2. The van der Waals surface area contributed by atoms with Gasteiger partial charge in [-0.2, -0.15) is 0 Å². The number of carbonyl (C=O) groups excluding carboxylic acids is 2. The maximum atomic E-state index is 13.9. The van der Waals surface area contributed by atoms with E-state index in [0.717, 1.165) is 35.4 Å². The van der Waals surface area contributed by atoms with Crippen LogP contribution in [-0.4, -0.2) is 34.6 Å². The number of pyridine rings is 1. The van der Waals surface area contributed by atoms with E-state index < -0.39 is 63.6 Å². The number of hydrogen-bond donors (Lipinski definition) is 2. The third kappa shape index (κ3) is 3.66. The summed E-state index contributed by atoms with van der Waals surface area (Å²) in [5, 5.41) is 12.9. The number of carbonyl (C=O) groups is 2. The van der Waals surface area contributed by atoms with Crippen molar-refractivity contribution in [2.45, 2.75) is 12.6 Å². The van der Waals surface area contributed by atoms with Gasteiger partial charge in [0.2, 0.25) is 5.43 Å². The van der Waals surface area contributed by atoms with Crippen LogP contribution in [0.2, 0.25) is 0 Å². The summed E-state index contributed by atoms with van der Waals surface area (Å²) in [4.78, 5) is 39.6. The molecule has 35 heavy (non-hydrogen) atoms. The largest absolute Gasteiger partial charge is 0.503 e. The minimum atomic E-state index is -1.21. The lowest BCUT2D eigenvalue weighted by Gasteiger charge is -2.33. The first-order valence-electron chi connectivity index (χ1n) is 10.3. The van der Waals surface area contributed by atoms with Crippen molar-refractivity contribution >= 4 is 17.5 Å². The van der Waals surface area contributed by atoms with E-state index in [4.69, 9.17) is 4.74 Å². The predicted octanol–water partition coefficient (Wildman–Crippen LogP) is 2.63. The summed E-state index contributed by atoms with van der Waals surface area (Å²) in [5.74, 6) is -7.06. The first kappa shape index (κ1) is 22.4. The Morgan fingerprint density at radius 3 is 2.57 bits per heavy atom. The highest BCUT2D eigenvalue weighted by Gasteiger charge is 2.39. The molecule has 1 atom stereocenters. The van der Waals surface area contributed by atoms with Gasteiger partial charge in [-0.05, 0) is 6.07 Å². The van der Waals surface area contributed by atoms with Crippen molar-refractivity contribution in [2.75, 3.05) is 18.1 Å². The van der Waals surface area contributed by atoms with Gasteiger partial charge in [-0.15, -0.1) is 0 Å². The molecule has 2 aliphatic heterocycles. The number of aromatic nitrogens is 1. The Bertz CT molecular complexity index is 1470. The number of amides is 2. The van der Waals surface area contributed by atoms with Gasteiger partial charge in [-0.1, -0.05) is 6.07 Å². The molecule has 3 aromatic rings. The van der Waals surface area contributed by atoms with E-state index in [1.54, 1.807) is 0 Å². The number of fused-ring (bicyclic) bond motifs is 6. The molecular weight excluding hydrogens is 474 g/mol. The first-order chi connectivity index (χ1) is 16.7. The standard InChI is InChI=1S/C23H15F4N3O5/c24-11-2-1-10(14(25)3-11)6-28-22(33)13-8-29-12-7-30(23(34)19(29)21(32)20(13)31)17-4-15(26)16(27)5-18(17)35-9-12/h1-5,8,12,32H,6-7,9H2,(H,28,33)/t12-/m0/s1. The second kappa shape index (κ2) is 8.15. The van der Waals surface area contributed by atoms with E-state index in [9.17, 15) is 37.1 Å². The monoisotopic (exact) mass is 489 g/mol. The number of nitrogens with one attached hydrogen (secondary N) is 1. The molecule has 0 unspecified atom stereocenters. The molecule has 0 saturated heterocycles. The van der Waals surface area contributed by atoms with Gasteiger partial charge in [-0.3, -0.25) is 14.4 Å². The number of anilines is 1. The summed E-state index contributed by atoms with van der Waals surface area (Å²) in [6.45, 7) is -0.605. The SMILES string of the molecule is O=C(NCc1ccc(F)cc1F)c1cn2c(c(O)c1=O)C(=O)N1C[C@H]2COc2cc(F)c(F)cc21. The summed E-state index contributed by atoms with van der Waals surface area (Å²) in [7, 11) is 0. The quantitative estimate of drug-likeness (QED) is 0.551. The zero-order valence-electron chi connectivity index (χ0n) is 17.6. The molecule has 2 aliphatic rings. The van der Waals surface area contributed by atoms with E-state index in [1.165, 1.54) is 4.57 Å². The summed E-state index contributed by atoms with van der Waals surface area (Å²) in [6.07, 6.45) is 1.06. The van der Waals surface area contributed by atoms with Crippen LogP contribution in [0.4, 0.5) is 23.2 Å². The van der Waals surface area contributed by atoms with Gasteiger partial charge in [0.25, 0.3) is 11.8 Å². The fourth-order valence-electron chi connectivity index (χ4n) is 4.10. The fraction of sp³-hybridized carbons (Fsp3) is 0.174. The molecule has 0 spiro atoms. The molecule has 8 nitrogen and oxygen atoms in total. The number of halogens is 4. The second-order valence-corrected chi connectivity index (χ2v) is 8.01. The van der Waals surface area contributed by atoms with E-state index in [-0.39, 0.29) is 36.7 Å². The van der Waals surface area contributed by atoms with Crippen LogP contribution in [-0.2, 0) is 6.54 Å². The van der Waals surface area contributed by atoms with Crippen molar-refractivity contribution in [3.8, 4) is 11.5 Å². The van der Waals surface area contributed by atoms with Gasteiger partial charge in [0.1, 0.15) is 29.6 Å². The van der Waals surface area contributed by atoms with Crippen molar-refractivity contribution in [1.82, 2.24) is 9.88 Å². The molecule has 0 radical (unpaired) electrons. The van der Waals surface area contributed by atoms with E-state index in [2.05, 4.69) is 5.32 Å². The van der Waals surface area contributed by atoms with Crippen LogP contribution >= 0.6 is 0 Å². The molecule has 5 rings (SSSR count). The lowest BCUT2D eigenvalue weighted by atomic mass is 10.1. The number of aromatic hydroxyl groups is 1. The number of benzene rings is 2. The predicted molar refractivity (Wildman–Crippen MR) is 112 cm³/mol. The molecule has 3 heterocycles. The van der Waals surface area contributed by atoms with Crippen LogP contribution in [0.1, 0.15) is 32.5 Å². The topological polar surface area (TPSA) is 101 Å². The fourth-order valence-corrected chi connectivity index (χ4v) is 4.10. The highest BCUT2D eigenvalue weighted by Crippen LogP contribution is 2.39. The number of ether oxygens (including phenoxy) is 1. The van der Waals surface area contributed by atoms with Crippen LogP contribution in [0.5, 0.6) is 11.5 Å². The number of hydrogen-bond acceptors (Lipinski definition) is 5. The van der Waals surface area contributed by atoms with E-state index >= 15 is 0 Å². The van der Waals surface area contributed by atoms with Gasteiger partial charge >= 0.3 is 0 Å². The average Bonchev–Trinajstić information content (AvgIpc) is 2.97. The van der Waals surface area contributed by atoms with Crippen molar-refractivity contribution < 1.29 is 37.0 Å². The lowest BCUT2D eigenvalue weighted by Crippen LogP contribution is -2.45. The van der Waals surface area contributed by atoms with Gasteiger partial charge < -0.3 is 24.6 Å². The molecule has 2 amide bonds. The van der Waals surface area contributed by atoms with Gasteiger partial charge in [0, 0.05) is 36.5 Å². The Morgan fingerprint density at radius 1 is 1.09 bits per heavy atom. The molecule has 0 fully saturated rings. The van der Waals surface area contributed by atoms with Crippen molar-refractivity contribution in [1.29, 1.82) is 0 Å². The summed E-state index contributed by atoms with van der Waals surface area (Å²) in [5.41, 5.74) is -2.25. The molecular formula is C23H15F4N3O5.